The van der Waals surface area contributed by atoms with Gasteiger partial charge in [0.05, 0.1) is 5.69 Å². The Bertz CT molecular complexity index is 1200. The lowest BCUT2D eigenvalue weighted by atomic mass is 10.0. The van der Waals surface area contributed by atoms with Crippen LogP contribution in [0, 0.1) is 0 Å². The average molecular weight is 495 g/mol. The molecule has 3 aromatic rings. The molecular formula is C27H27ClN2O5. The van der Waals surface area contributed by atoms with Crippen LogP contribution in [0.2, 0.25) is 5.02 Å². The minimum Gasteiger partial charge on any atom is -0.508 e. The fourth-order valence-electron chi connectivity index (χ4n) is 3.31. The number of ketones is 1. The molecule has 0 aliphatic carbocycles. The number of carbonyl (C=O) groups is 3. The van der Waals surface area contributed by atoms with Crippen LogP contribution in [0.25, 0.3) is 0 Å². The first-order chi connectivity index (χ1) is 16.5. The Morgan fingerprint density at radius 1 is 0.971 bits per heavy atom. The SMILES string of the molecule is CC(C)(C)OC(=O)NC(Cc1ccc(O)cc1)C(=O)Nc1ccc(Cl)cc1C(=O)c1ccccc1. The number of phenolic OH excluding ortho intramolecular Hbond substituents is 1. The zero-order valence-corrected chi connectivity index (χ0v) is 20.4. The third-order valence-corrected chi connectivity index (χ3v) is 5.14. The molecule has 0 fully saturated rings. The van der Waals surface area contributed by atoms with E-state index in [4.69, 9.17) is 16.3 Å². The lowest BCUT2D eigenvalue weighted by molar-refractivity contribution is -0.118. The molecule has 0 saturated carbocycles. The Balaban J connectivity index is 1.88. The molecule has 0 radical (unpaired) electrons. The number of amides is 2. The standard InChI is InChI=1S/C27H27ClN2O5/c1-27(2,3)35-26(34)30-23(15-17-9-12-20(31)13-10-17)25(33)29-22-14-11-19(28)16-21(22)24(32)18-7-5-4-6-8-18/h4-14,16,23,31H,15H2,1-3H3,(H,29,33)(H,30,34). The topological polar surface area (TPSA) is 105 Å². The smallest absolute Gasteiger partial charge is 0.408 e. The van der Waals surface area contributed by atoms with Crippen molar-refractivity contribution in [3.63, 3.8) is 0 Å². The van der Waals surface area contributed by atoms with Gasteiger partial charge in [0.1, 0.15) is 17.4 Å². The molecule has 182 valence electrons. The normalized spacial score (nSPS) is 11.9. The Labute approximate surface area is 209 Å². The summed E-state index contributed by atoms with van der Waals surface area (Å²) in [5.74, 6) is -0.771. The Morgan fingerprint density at radius 2 is 1.63 bits per heavy atom. The van der Waals surface area contributed by atoms with Crippen LogP contribution >= 0.6 is 11.6 Å². The molecule has 0 spiro atoms. The monoisotopic (exact) mass is 494 g/mol. The minimum atomic E-state index is -1.02. The van der Waals surface area contributed by atoms with Crippen molar-refractivity contribution in [2.45, 2.75) is 38.8 Å². The van der Waals surface area contributed by atoms with Crippen LogP contribution in [0.3, 0.4) is 0 Å². The number of alkyl carbamates (subject to hydrolysis) is 1. The van der Waals surface area contributed by atoms with Crippen LogP contribution in [0.15, 0.2) is 72.8 Å². The van der Waals surface area contributed by atoms with Crippen molar-refractivity contribution < 1.29 is 24.2 Å². The van der Waals surface area contributed by atoms with Crippen LogP contribution < -0.4 is 10.6 Å². The fourth-order valence-corrected chi connectivity index (χ4v) is 3.48. The first-order valence-corrected chi connectivity index (χ1v) is 11.4. The van der Waals surface area contributed by atoms with Gasteiger partial charge in [-0.05, 0) is 56.7 Å². The van der Waals surface area contributed by atoms with E-state index in [1.54, 1.807) is 75.4 Å². The summed E-state index contributed by atoms with van der Waals surface area (Å²) in [6.07, 6.45) is -0.630. The first kappa shape index (κ1) is 25.8. The summed E-state index contributed by atoms with van der Waals surface area (Å²) in [5, 5.41) is 15.2. The van der Waals surface area contributed by atoms with E-state index < -0.39 is 23.6 Å². The van der Waals surface area contributed by atoms with Crippen molar-refractivity contribution in [1.29, 1.82) is 0 Å². The van der Waals surface area contributed by atoms with Gasteiger partial charge in [0.15, 0.2) is 5.78 Å². The summed E-state index contributed by atoms with van der Waals surface area (Å²) in [4.78, 5) is 38.9. The minimum absolute atomic E-state index is 0.0834. The maximum absolute atomic E-state index is 13.3. The van der Waals surface area contributed by atoms with Gasteiger partial charge in [0.2, 0.25) is 5.91 Å². The lowest BCUT2D eigenvalue weighted by Gasteiger charge is -2.24. The number of phenols is 1. The van der Waals surface area contributed by atoms with E-state index in [0.29, 0.717) is 16.1 Å². The molecule has 0 saturated heterocycles. The van der Waals surface area contributed by atoms with E-state index in [9.17, 15) is 19.5 Å². The highest BCUT2D eigenvalue weighted by Crippen LogP contribution is 2.24. The summed E-state index contributed by atoms with van der Waals surface area (Å²) in [7, 11) is 0. The molecule has 3 aromatic carbocycles. The molecule has 1 atom stereocenters. The highest BCUT2D eigenvalue weighted by atomic mass is 35.5. The Morgan fingerprint density at radius 3 is 2.26 bits per heavy atom. The zero-order valence-electron chi connectivity index (χ0n) is 19.7. The second-order valence-corrected chi connectivity index (χ2v) is 9.38. The van der Waals surface area contributed by atoms with Gasteiger partial charge in [-0.15, -0.1) is 0 Å². The van der Waals surface area contributed by atoms with E-state index in [0.717, 1.165) is 0 Å². The van der Waals surface area contributed by atoms with Crippen LogP contribution in [-0.2, 0) is 16.0 Å². The fraction of sp³-hybridized carbons (Fsp3) is 0.222. The molecule has 35 heavy (non-hydrogen) atoms. The molecule has 3 rings (SSSR count). The van der Waals surface area contributed by atoms with Crippen LogP contribution in [-0.4, -0.2) is 34.5 Å². The molecule has 0 bridgehead atoms. The lowest BCUT2D eigenvalue weighted by Crippen LogP contribution is -2.47. The van der Waals surface area contributed by atoms with E-state index in [-0.39, 0.29) is 29.2 Å². The molecule has 8 heteroatoms. The van der Waals surface area contributed by atoms with Gasteiger partial charge in [0, 0.05) is 22.6 Å². The number of nitrogens with one attached hydrogen (secondary N) is 2. The Hall–Kier alpha value is -3.84. The molecular weight excluding hydrogens is 468 g/mol. The largest absolute Gasteiger partial charge is 0.508 e. The number of anilines is 1. The van der Waals surface area contributed by atoms with Crippen molar-refractivity contribution in [1.82, 2.24) is 5.32 Å². The molecule has 0 aliphatic rings. The van der Waals surface area contributed by atoms with E-state index in [1.807, 2.05) is 0 Å². The average Bonchev–Trinajstić information content (AvgIpc) is 2.80. The van der Waals surface area contributed by atoms with Crippen molar-refractivity contribution >= 4 is 35.1 Å². The van der Waals surface area contributed by atoms with Crippen molar-refractivity contribution in [2.24, 2.45) is 0 Å². The predicted molar refractivity (Wildman–Crippen MR) is 135 cm³/mol. The molecule has 3 N–H and O–H groups in total. The maximum atomic E-state index is 13.3. The van der Waals surface area contributed by atoms with Crippen molar-refractivity contribution in [2.75, 3.05) is 5.32 Å². The van der Waals surface area contributed by atoms with Crippen LogP contribution in [0.1, 0.15) is 42.3 Å². The van der Waals surface area contributed by atoms with Gasteiger partial charge in [-0.1, -0.05) is 54.1 Å². The number of hydrogen-bond acceptors (Lipinski definition) is 5. The Kier molecular flexibility index (Phi) is 8.14. The quantitative estimate of drug-likeness (QED) is 0.384. The van der Waals surface area contributed by atoms with Crippen molar-refractivity contribution in [3.05, 3.63) is 94.5 Å². The molecule has 0 aromatic heterocycles. The second-order valence-electron chi connectivity index (χ2n) is 8.94. The maximum Gasteiger partial charge on any atom is 0.408 e. The molecule has 0 aliphatic heterocycles. The van der Waals surface area contributed by atoms with E-state index in [2.05, 4.69) is 10.6 Å². The van der Waals surface area contributed by atoms with Gasteiger partial charge in [-0.3, -0.25) is 9.59 Å². The molecule has 7 nitrogen and oxygen atoms in total. The number of carbonyl (C=O) groups excluding carboxylic acids is 3. The highest BCUT2D eigenvalue weighted by molar-refractivity contribution is 6.31. The number of ether oxygens (including phenoxy) is 1. The first-order valence-electron chi connectivity index (χ1n) is 11.0. The number of rotatable bonds is 7. The van der Waals surface area contributed by atoms with E-state index >= 15 is 0 Å². The predicted octanol–water partition coefficient (Wildman–Crippen LogP) is 5.35. The summed E-state index contributed by atoms with van der Waals surface area (Å²) in [6.45, 7) is 5.16. The van der Waals surface area contributed by atoms with Gasteiger partial charge < -0.3 is 20.5 Å². The summed E-state index contributed by atoms with van der Waals surface area (Å²) >= 11 is 6.14. The van der Waals surface area contributed by atoms with E-state index in [1.165, 1.54) is 18.2 Å². The van der Waals surface area contributed by atoms with Crippen molar-refractivity contribution in [3.8, 4) is 5.75 Å². The summed E-state index contributed by atoms with van der Waals surface area (Å²) in [5.41, 5.74) is 0.871. The van der Waals surface area contributed by atoms with Crippen LogP contribution in [0.4, 0.5) is 10.5 Å². The van der Waals surface area contributed by atoms with Gasteiger partial charge in [0.25, 0.3) is 0 Å². The second kappa shape index (κ2) is 11.1. The number of hydrogen-bond donors (Lipinski definition) is 3. The third kappa shape index (κ3) is 7.58. The molecule has 0 heterocycles. The molecule has 2 amide bonds. The molecule has 1 unspecified atom stereocenters. The van der Waals surface area contributed by atoms with Gasteiger partial charge in [-0.2, -0.15) is 0 Å². The highest BCUT2D eigenvalue weighted by Gasteiger charge is 2.26. The van der Waals surface area contributed by atoms with Gasteiger partial charge >= 0.3 is 6.09 Å². The van der Waals surface area contributed by atoms with Gasteiger partial charge in [-0.25, -0.2) is 4.79 Å². The number of aromatic hydroxyl groups is 1. The zero-order chi connectivity index (χ0) is 25.6. The van der Waals surface area contributed by atoms with Crippen LogP contribution in [0.5, 0.6) is 5.75 Å². The summed E-state index contributed by atoms with van der Waals surface area (Å²) in [6, 6.07) is 18.5. The number of halogens is 1. The number of benzene rings is 3. The summed E-state index contributed by atoms with van der Waals surface area (Å²) < 4.78 is 5.32. The third-order valence-electron chi connectivity index (χ3n) is 4.90.